The molecule has 0 saturated heterocycles. The second kappa shape index (κ2) is 8.68. The Labute approximate surface area is 180 Å². The maximum atomic E-state index is 12.6. The van der Waals surface area contributed by atoms with Crippen LogP contribution in [-0.4, -0.2) is 24.9 Å². The van der Waals surface area contributed by atoms with Crippen LogP contribution in [0, 0.1) is 0 Å². The highest BCUT2D eigenvalue weighted by molar-refractivity contribution is 7.89. The lowest BCUT2D eigenvalue weighted by Gasteiger charge is -2.12. The van der Waals surface area contributed by atoms with Crippen LogP contribution in [0.1, 0.15) is 38.2 Å². The maximum absolute atomic E-state index is 12.6. The van der Waals surface area contributed by atoms with Crippen molar-refractivity contribution in [2.24, 2.45) is 0 Å². The zero-order valence-corrected chi connectivity index (χ0v) is 18.1. The van der Waals surface area contributed by atoms with Crippen molar-refractivity contribution < 1.29 is 17.6 Å². The Morgan fingerprint density at radius 2 is 1.84 bits per heavy atom. The molecule has 164 valence electrons. The van der Waals surface area contributed by atoms with Crippen LogP contribution in [-0.2, 0) is 27.8 Å². The third kappa shape index (κ3) is 4.72. The summed E-state index contributed by atoms with van der Waals surface area (Å²) in [6, 6.07) is 11.6. The molecular formula is C22H25N3O5S. The number of hydrogen-bond donors (Lipinski definition) is 2. The fourth-order valence-corrected chi connectivity index (χ4v) is 5.18. The van der Waals surface area contributed by atoms with Crippen LogP contribution in [0.4, 0.5) is 5.69 Å². The number of fused-ring (bicyclic) bond motifs is 1. The first-order chi connectivity index (χ1) is 14.9. The van der Waals surface area contributed by atoms with Crippen LogP contribution in [0.2, 0.25) is 0 Å². The first-order valence-corrected chi connectivity index (χ1v) is 11.9. The van der Waals surface area contributed by atoms with Gasteiger partial charge in [-0.15, -0.1) is 0 Å². The van der Waals surface area contributed by atoms with Crippen molar-refractivity contribution in [3.63, 3.8) is 0 Å². The van der Waals surface area contributed by atoms with Gasteiger partial charge < -0.3 is 9.73 Å². The number of benzene rings is 2. The molecule has 2 aromatic carbocycles. The number of sulfonamides is 1. The molecule has 0 radical (unpaired) electrons. The summed E-state index contributed by atoms with van der Waals surface area (Å²) in [5.74, 6) is -1.10. The molecule has 1 amide bonds. The molecule has 3 aromatic rings. The number of carbonyl (C=O) groups excluding carboxylic acids is 1. The van der Waals surface area contributed by atoms with E-state index >= 15 is 0 Å². The minimum absolute atomic E-state index is 0.0354. The van der Waals surface area contributed by atoms with Gasteiger partial charge in [-0.1, -0.05) is 31.9 Å². The Bertz CT molecular complexity index is 1250. The second-order valence-electron chi connectivity index (χ2n) is 7.78. The third-order valence-electron chi connectivity index (χ3n) is 5.57. The van der Waals surface area contributed by atoms with Gasteiger partial charge >= 0.3 is 5.76 Å². The number of anilines is 1. The van der Waals surface area contributed by atoms with Crippen molar-refractivity contribution >= 4 is 32.7 Å². The normalized spacial score (nSPS) is 14.9. The molecule has 8 nitrogen and oxygen atoms in total. The van der Waals surface area contributed by atoms with Gasteiger partial charge in [-0.2, -0.15) is 0 Å². The minimum atomic E-state index is -3.71. The number of hydrogen-bond acceptors (Lipinski definition) is 5. The molecule has 0 spiro atoms. The van der Waals surface area contributed by atoms with Gasteiger partial charge in [-0.3, -0.25) is 9.36 Å². The summed E-state index contributed by atoms with van der Waals surface area (Å²) >= 11 is 0. The van der Waals surface area contributed by atoms with Gasteiger partial charge in [0.1, 0.15) is 6.54 Å². The van der Waals surface area contributed by atoms with E-state index in [-0.39, 0.29) is 29.0 Å². The van der Waals surface area contributed by atoms with Crippen molar-refractivity contribution in [1.82, 2.24) is 9.29 Å². The summed E-state index contributed by atoms with van der Waals surface area (Å²) in [6.07, 6.45) is 4.56. The van der Waals surface area contributed by atoms with E-state index in [4.69, 9.17) is 4.42 Å². The van der Waals surface area contributed by atoms with E-state index in [9.17, 15) is 18.0 Å². The number of oxazole rings is 1. The molecule has 4 rings (SSSR count). The molecule has 31 heavy (non-hydrogen) atoms. The number of amides is 1. The molecule has 1 heterocycles. The molecule has 1 saturated carbocycles. The summed E-state index contributed by atoms with van der Waals surface area (Å²) in [5, 5.41) is 2.75. The summed E-state index contributed by atoms with van der Waals surface area (Å²) in [7, 11) is -3.71. The van der Waals surface area contributed by atoms with Crippen LogP contribution >= 0.6 is 0 Å². The van der Waals surface area contributed by atoms with Crippen LogP contribution in [0.15, 0.2) is 56.6 Å². The molecule has 0 atom stereocenters. The predicted octanol–water partition coefficient (Wildman–Crippen LogP) is 3.02. The highest BCUT2D eigenvalue weighted by atomic mass is 32.2. The monoisotopic (exact) mass is 443 g/mol. The van der Waals surface area contributed by atoms with E-state index in [0.717, 1.165) is 37.7 Å². The number of nitrogens with zero attached hydrogens (tertiary/aromatic N) is 1. The van der Waals surface area contributed by atoms with Crippen molar-refractivity contribution in [1.29, 1.82) is 0 Å². The van der Waals surface area contributed by atoms with Crippen LogP contribution in [0.3, 0.4) is 0 Å². The summed E-state index contributed by atoms with van der Waals surface area (Å²) in [6.45, 7) is 1.80. The zero-order chi connectivity index (χ0) is 22.0. The quantitative estimate of drug-likeness (QED) is 0.583. The number of carbonyl (C=O) groups is 1. The van der Waals surface area contributed by atoms with Gasteiger partial charge in [0.05, 0.1) is 10.4 Å². The van der Waals surface area contributed by atoms with E-state index in [1.807, 2.05) is 31.2 Å². The van der Waals surface area contributed by atoms with Crippen molar-refractivity contribution in [2.75, 3.05) is 5.32 Å². The Morgan fingerprint density at radius 1 is 1.13 bits per heavy atom. The topological polar surface area (TPSA) is 110 Å². The largest absolute Gasteiger partial charge is 0.420 e. The molecule has 1 aliphatic carbocycles. The highest BCUT2D eigenvalue weighted by Crippen LogP contribution is 2.23. The first-order valence-electron chi connectivity index (χ1n) is 10.4. The minimum Gasteiger partial charge on any atom is -0.408 e. The summed E-state index contributed by atoms with van der Waals surface area (Å²) in [4.78, 5) is 24.8. The fraction of sp³-hybridized carbons (Fsp3) is 0.364. The Morgan fingerprint density at radius 3 is 2.52 bits per heavy atom. The van der Waals surface area contributed by atoms with Crippen LogP contribution < -0.4 is 15.8 Å². The lowest BCUT2D eigenvalue weighted by Crippen LogP contribution is -2.32. The van der Waals surface area contributed by atoms with Crippen molar-refractivity contribution in [3.05, 3.63) is 58.6 Å². The summed E-state index contributed by atoms with van der Waals surface area (Å²) < 4.78 is 34.4. The maximum Gasteiger partial charge on any atom is 0.420 e. The van der Waals surface area contributed by atoms with Gasteiger partial charge in [-0.25, -0.2) is 17.9 Å². The average molecular weight is 444 g/mol. The van der Waals surface area contributed by atoms with Crippen LogP contribution in [0.5, 0.6) is 0 Å². The Kier molecular flexibility index (Phi) is 5.97. The highest BCUT2D eigenvalue weighted by Gasteiger charge is 2.24. The third-order valence-corrected chi connectivity index (χ3v) is 7.09. The molecular weight excluding hydrogens is 418 g/mol. The van der Waals surface area contributed by atoms with E-state index in [0.29, 0.717) is 11.2 Å². The number of nitrogens with one attached hydrogen (secondary N) is 2. The molecule has 0 aliphatic heterocycles. The average Bonchev–Trinajstić information content (AvgIpc) is 3.35. The van der Waals surface area contributed by atoms with Gasteiger partial charge in [0, 0.05) is 17.8 Å². The van der Waals surface area contributed by atoms with Gasteiger partial charge in [0.2, 0.25) is 15.9 Å². The molecule has 1 aliphatic rings. The van der Waals surface area contributed by atoms with Gasteiger partial charge in [0.15, 0.2) is 5.58 Å². The number of aromatic nitrogens is 1. The van der Waals surface area contributed by atoms with E-state index < -0.39 is 15.8 Å². The lowest BCUT2D eigenvalue weighted by atomic mass is 10.1. The molecule has 1 fully saturated rings. The second-order valence-corrected chi connectivity index (χ2v) is 9.50. The number of aryl methyl sites for hydroxylation is 1. The molecule has 2 N–H and O–H groups in total. The SMILES string of the molecule is CCc1ccc(NC(=O)Cn2c(=O)oc3cc(S(=O)(=O)NC4CCCC4)ccc32)cc1. The Balaban J connectivity index is 1.52. The van der Waals surface area contributed by atoms with E-state index in [1.165, 1.54) is 22.8 Å². The fourth-order valence-electron chi connectivity index (χ4n) is 3.86. The summed E-state index contributed by atoms with van der Waals surface area (Å²) in [5.41, 5.74) is 2.28. The molecule has 0 unspecified atom stereocenters. The lowest BCUT2D eigenvalue weighted by molar-refractivity contribution is -0.116. The molecule has 0 bridgehead atoms. The van der Waals surface area contributed by atoms with Crippen molar-refractivity contribution in [2.45, 2.75) is 56.5 Å². The standard InChI is InChI=1S/C22H25N3O5S/c1-2-15-7-9-16(10-8-15)23-21(26)14-25-19-12-11-18(13-20(19)30-22(25)27)31(28,29)24-17-5-3-4-6-17/h7-13,17,24H,2-6,14H2,1H3,(H,23,26). The zero-order valence-electron chi connectivity index (χ0n) is 17.3. The Hall–Kier alpha value is -2.91. The van der Waals surface area contributed by atoms with E-state index in [1.54, 1.807) is 0 Å². The van der Waals surface area contributed by atoms with E-state index in [2.05, 4.69) is 10.0 Å². The first kappa shape index (κ1) is 21.3. The molecule has 1 aromatic heterocycles. The molecule has 9 heteroatoms. The smallest absolute Gasteiger partial charge is 0.408 e. The van der Waals surface area contributed by atoms with Gasteiger partial charge in [-0.05, 0) is 49.1 Å². The van der Waals surface area contributed by atoms with Crippen LogP contribution in [0.25, 0.3) is 11.1 Å². The van der Waals surface area contributed by atoms with Gasteiger partial charge in [0.25, 0.3) is 0 Å². The van der Waals surface area contributed by atoms with Crippen molar-refractivity contribution in [3.8, 4) is 0 Å². The number of rotatable bonds is 7. The predicted molar refractivity (Wildman–Crippen MR) is 118 cm³/mol.